The van der Waals surface area contributed by atoms with Gasteiger partial charge >= 0.3 is 123 Å². The molecule has 5 rings (SSSR count). The number of carbonyl (C=O) groups is 1. The number of hydrogen-bond donors (Lipinski definition) is 1. The Morgan fingerprint density at radius 3 is 2.26 bits per heavy atom. The fourth-order valence-corrected chi connectivity index (χ4v) is 10.7. The molecule has 0 aromatic carbocycles. The number of carbonyl (C=O) groups excluding carboxylic acids is 1. The molecule has 0 radical (unpaired) electrons. The molecule has 2 N–H and O–H groups in total. The summed E-state index contributed by atoms with van der Waals surface area (Å²) in [5, 5.41) is 0. The second kappa shape index (κ2) is 4.34. The van der Waals surface area contributed by atoms with Crippen LogP contribution in [0.2, 0.25) is 4.20 Å². The van der Waals surface area contributed by atoms with Crippen LogP contribution < -0.4 is 5.73 Å². The van der Waals surface area contributed by atoms with E-state index in [4.69, 9.17) is 5.73 Å². The van der Waals surface area contributed by atoms with Gasteiger partial charge in [-0.2, -0.15) is 0 Å². The molecule has 5 saturated carbocycles. The minimum atomic E-state index is -0.439. The Bertz CT molecular complexity index is 388. The van der Waals surface area contributed by atoms with E-state index in [-0.39, 0.29) is 5.54 Å². The average Bonchev–Trinajstić information content (AvgIpc) is 2.77. The third-order valence-corrected chi connectivity index (χ3v) is 9.93. The van der Waals surface area contributed by atoms with E-state index >= 15 is 0 Å². The van der Waals surface area contributed by atoms with Crippen molar-refractivity contribution in [1.29, 1.82) is 0 Å². The van der Waals surface area contributed by atoms with Crippen LogP contribution in [0.4, 0.5) is 0 Å². The third-order valence-electron chi connectivity index (χ3n) is 6.22. The van der Waals surface area contributed by atoms with Gasteiger partial charge in [0.05, 0.1) is 0 Å². The molecule has 5 aliphatic carbocycles. The van der Waals surface area contributed by atoms with Crippen molar-refractivity contribution in [2.75, 3.05) is 0 Å². The van der Waals surface area contributed by atoms with Crippen molar-refractivity contribution in [3.8, 4) is 0 Å². The summed E-state index contributed by atoms with van der Waals surface area (Å²) in [5.74, 6) is 2.19. The molecular weight excluding hydrogens is 297 g/mol. The van der Waals surface area contributed by atoms with Crippen molar-refractivity contribution in [2.45, 2.75) is 73.9 Å². The SMILES string of the molecule is NC12CC3CC(C1)CC([AsH]C(=O)C1CCCC1)(C3)C2. The minimum absolute atomic E-state index is 0.129. The molecule has 0 aliphatic heterocycles. The van der Waals surface area contributed by atoms with Gasteiger partial charge in [0.1, 0.15) is 0 Å². The summed E-state index contributed by atoms with van der Waals surface area (Å²) in [4.78, 5) is 12.6. The summed E-state index contributed by atoms with van der Waals surface area (Å²) in [6, 6.07) is 0. The predicted molar refractivity (Wildman–Crippen MR) is 78.4 cm³/mol. The van der Waals surface area contributed by atoms with Crippen LogP contribution in [-0.2, 0) is 4.79 Å². The van der Waals surface area contributed by atoms with Crippen molar-refractivity contribution >= 4 is 20.3 Å². The zero-order chi connectivity index (χ0) is 13.1. The van der Waals surface area contributed by atoms with E-state index < -0.39 is 15.8 Å². The molecule has 0 saturated heterocycles. The van der Waals surface area contributed by atoms with Gasteiger partial charge in [-0.1, -0.05) is 0 Å². The Kier molecular flexibility index (Phi) is 2.95. The first-order valence-electron chi connectivity index (χ1n) is 8.17. The fraction of sp³-hybridized carbons (Fsp3) is 0.938. The van der Waals surface area contributed by atoms with Crippen molar-refractivity contribution in [3.63, 3.8) is 0 Å². The first-order valence-corrected chi connectivity index (χ1v) is 10.3. The van der Waals surface area contributed by atoms with Gasteiger partial charge in [0, 0.05) is 0 Å². The van der Waals surface area contributed by atoms with E-state index in [1.807, 2.05) is 0 Å². The van der Waals surface area contributed by atoms with Crippen LogP contribution >= 0.6 is 0 Å². The third kappa shape index (κ3) is 2.23. The molecule has 0 aromatic rings. The summed E-state index contributed by atoms with van der Waals surface area (Å²) >= 11 is -0.439. The van der Waals surface area contributed by atoms with Gasteiger partial charge in [-0.15, -0.1) is 0 Å². The van der Waals surface area contributed by atoms with Gasteiger partial charge in [0.25, 0.3) is 0 Å². The summed E-state index contributed by atoms with van der Waals surface area (Å²) < 4.78 is 1.15. The number of rotatable bonds is 3. The van der Waals surface area contributed by atoms with Gasteiger partial charge in [0.15, 0.2) is 0 Å². The van der Waals surface area contributed by atoms with Crippen LogP contribution in [0.1, 0.15) is 64.2 Å². The van der Waals surface area contributed by atoms with Crippen molar-refractivity contribution < 1.29 is 4.79 Å². The average molecular weight is 323 g/mol. The predicted octanol–water partition coefficient (Wildman–Crippen LogP) is 2.61. The Labute approximate surface area is 123 Å². The summed E-state index contributed by atoms with van der Waals surface area (Å²) in [6.07, 6.45) is 12.8. The Morgan fingerprint density at radius 1 is 1.05 bits per heavy atom. The molecule has 19 heavy (non-hydrogen) atoms. The molecule has 0 amide bonds. The Balaban J connectivity index is 1.52. The van der Waals surface area contributed by atoms with Crippen molar-refractivity contribution in [3.05, 3.63) is 0 Å². The molecule has 5 fully saturated rings. The van der Waals surface area contributed by atoms with E-state index in [0.717, 1.165) is 11.8 Å². The van der Waals surface area contributed by atoms with Crippen LogP contribution in [0.25, 0.3) is 0 Å². The van der Waals surface area contributed by atoms with Crippen LogP contribution in [0.3, 0.4) is 0 Å². The van der Waals surface area contributed by atoms with Gasteiger partial charge in [-0.3, -0.25) is 0 Å². The Morgan fingerprint density at radius 2 is 1.68 bits per heavy atom. The van der Waals surface area contributed by atoms with E-state index in [1.165, 1.54) is 64.2 Å². The molecule has 3 atom stereocenters. The van der Waals surface area contributed by atoms with E-state index in [2.05, 4.69) is 0 Å². The molecule has 5 aliphatic rings. The second-order valence-electron chi connectivity index (χ2n) is 8.07. The number of nitrogens with two attached hydrogens (primary N) is 1. The quantitative estimate of drug-likeness (QED) is 0.811. The van der Waals surface area contributed by atoms with E-state index in [0.29, 0.717) is 14.7 Å². The monoisotopic (exact) mass is 323 g/mol. The molecule has 4 bridgehead atoms. The molecule has 3 heteroatoms. The summed E-state index contributed by atoms with van der Waals surface area (Å²) in [5.41, 5.74) is 6.77. The zero-order valence-corrected chi connectivity index (χ0v) is 13.9. The fourth-order valence-electron chi connectivity index (χ4n) is 6.03. The molecule has 106 valence electrons. The molecule has 0 heterocycles. The molecule has 0 spiro atoms. The normalized spacial score (nSPS) is 49.5. The molecule has 0 aromatic heterocycles. The van der Waals surface area contributed by atoms with Crippen molar-refractivity contribution in [1.82, 2.24) is 0 Å². The van der Waals surface area contributed by atoms with Crippen LogP contribution in [0, 0.1) is 17.8 Å². The Hall–Kier alpha value is 0.188. The van der Waals surface area contributed by atoms with Gasteiger partial charge in [-0.25, -0.2) is 0 Å². The molecule has 2 nitrogen and oxygen atoms in total. The van der Waals surface area contributed by atoms with E-state index in [1.54, 1.807) is 0 Å². The van der Waals surface area contributed by atoms with Crippen LogP contribution in [0.15, 0.2) is 0 Å². The topological polar surface area (TPSA) is 43.1 Å². The summed E-state index contributed by atoms with van der Waals surface area (Å²) in [6.45, 7) is 0. The first kappa shape index (κ1) is 12.9. The van der Waals surface area contributed by atoms with Crippen LogP contribution in [-0.4, -0.2) is 25.9 Å². The van der Waals surface area contributed by atoms with Crippen LogP contribution in [0.5, 0.6) is 0 Å². The summed E-state index contributed by atoms with van der Waals surface area (Å²) in [7, 11) is 0. The first-order chi connectivity index (χ1) is 9.06. The second-order valence-corrected chi connectivity index (χ2v) is 11.9. The zero-order valence-electron chi connectivity index (χ0n) is 11.8. The van der Waals surface area contributed by atoms with Gasteiger partial charge < -0.3 is 0 Å². The van der Waals surface area contributed by atoms with E-state index in [9.17, 15) is 4.79 Å². The van der Waals surface area contributed by atoms with Crippen molar-refractivity contribution in [2.24, 2.45) is 23.5 Å². The maximum absolute atomic E-state index is 12.6. The number of hydrogen-bond acceptors (Lipinski definition) is 2. The van der Waals surface area contributed by atoms with Gasteiger partial charge in [0.2, 0.25) is 0 Å². The van der Waals surface area contributed by atoms with Gasteiger partial charge in [-0.05, 0) is 0 Å². The molecular formula is C16H26AsNO. The maximum atomic E-state index is 12.6. The molecule has 3 unspecified atom stereocenters. The standard InChI is InChI=1S/C16H26AsNO/c18-16-8-11-5-12(9-16)7-15(6-11,10-16)17-14(19)13-3-1-2-4-13/h11-13,17H,1-10,18H2.